The molecule has 1 N–H and O–H groups in total. The highest BCUT2D eigenvalue weighted by atomic mass is 32.1. The maximum absolute atomic E-state index is 4.70. The summed E-state index contributed by atoms with van der Waals surface area (Å²) in [5.41, 5.74) is 1.67. The van der Waals surface area contributed by atoms with E-state index in [-0.39, 0.29) is 0 Å². The summed E-state index contributed by atoms with van der Waals surface area (Å²) in [6.07, 6.45) is 3.97. The van der Waals surface area contributed by atoms with Gasteiger partial charge in [0, 0.05) is 36.6 Å². The van der Waals surface area contributed by atoms with E-state index in [9.17, 15) is 0 Å². The summed E-state index contributed by atoms with van der Waals surface area (Å²) in [5, 5.41) is 7.06. The van der Waals surface area contributed by atoms with Crippen LogP contribution in [0.15, 0.2) is 5.38 Å². The molecule has 1 aromatic rings. The third-order valence-corrected chi connectivity index (χ3v) is 5.68. The molecule has 3 rings (SSSR count). The first kappa shape index (κ1) is 13.5. The van der Waals surface area contributed by atoms with Gasteiger partial charge in [0.1, 0.15) is 0 Å². The van der Waals surface area contributed by atoms with Crippen molar-refractivity contribution in [1.82, 2.24) is 15.2 Å². The van der Waals surface area contributed by atoms with Gasteiger partial charge in [-0.05, 0) is 44.7 Å². The van der Waals surface area contributed by atoms with Crippen LogP contribution in [0.4, 0.5) is 0 Å². The van der Waals surface area contributed by atoms with Gasteiger partial charge in [-0.2, -0.15) is 0 Å². The predicted molar refractivity (Wildman–Crippen MR) is 80.9 cm³/mol. The summed E-state index contributed by atoms with van der Waals surface area (Å²) < 4.78 is 0. The van der Waals surface area contributed by atoms with Gasteiger partial charge < -0.3 is 10.2 Å². The molecule has 2 atom stereocenters. The Hall–Kier alpha value is -0.450. The Kier molecular flexibility index (Phi) is 3.92. The maximum atomic E-state index is 4.70. The molecule has 19 heavy (non-hydrogen) atoms. The lowest BCUT2D eigenvalue weighted by molar-refractivity contribution is 0.141. The Morgan fingerprint density at radius 3 is 3.16 bits per heavy atom. The number of nitrogens with one attached hydrogen (secondary N) is 1. The molecule has 0 aromatic carbocycles. The fraction of sp³-hybridized carbons (Fsp3) is 0.800. The number of nitrogens with zero attached hydrogens (tertiary/aromatic N) is 2. The van der Waals surface area contributed by atoms with Crippen molar-refractivity contribution in [2.45, 2.75) is 39.0 Å². The molecule has 3 nitrogen and oxygen atoms in total. The van der Waals surface area contributed by atoms with Gasteiger partial charge in [0.25, 0.3) is 0 Å². The van der Waals surface area contributed by atoms with E-state index >= 15 is 0 Å². The standard InChI is InChI=1S/C15H25N3S/c1-12-9-19-14(17-12)13-4-3-7-18(8-13)11-15(2)5-6-16-10-15/h9,13,16H,3-8,10-11H2,1-2H3. The van der Waals surface area contributed by atoms with Crippen molar-refractivity contribution in [3.63, 3.8) is 0 Å². The second-order valence-corrected chi connectivity index (χ2v) is 7.53. The molecule has 0 bridgehead atoms. The van der Waals surface area contributed by atoms with Crippen molar-refractivity contribution < 1.29 is 0 Å². The van der Waals surface area contributed by atoms with Gasteiger partial charge in [0.05, 0.1) is 5.01 Å². The van der Waals surface area contributed by atoms with Crippen molar-refractivity contribution in [3.8, 4) is 0 Å². The monoisotopic (exact) mass is 279 g/mol. The SMILES string of the molecule is Cc1csc(C2CCCN(CC3(C)CCNC3)C2)n1. The summed E-state index contributed by atoms with van der Waals surface area (Å²) in [7, 11) is 0. The fourth-order valence-electron chi connectivity index (χ4n) is 3.50. The van der Waals surface area contributed by atoms with Gasteiger partial charge >= 0.3 is 0 Å². The van der Waals surface area contributed by atoms with Crippen LogP contribution in [0.5, 0.6) is 0 Å². The number of hydrogen-bond donors (Lipinski definition) is 1. The summed E-state index contributed by atoms with van der Waals surface area (Å²) >= 11 is 1.85. The molecule has 3 heterocycles. The van der Waals surface area contributed by atoms with Crippen LogP contribution in [-0.2, 0) is 0 Å². The minimum absolute atomic E-state index is 0.487. The number of likely N-dealkylation sites (tertiary alicyclic amines) is 1. The van der Waals surface area contributed by atoms with Gasteiger partial charge in [-0.25, -0.2) is 4.98 Å². The quantitative estimate of drug-likeness (QED) is 0.922. The Morgan fingerprint density at radius 1 is 1.58 bits per heavy atom. The van der Waals surface area contributed by atoms with Gasteiger partial charge in [0.15, 0.2) is 0 Å². The van der Waals surface area contributed by atoms with E-state index in [0.29, 0.717) is 11.3 Å². The first-order valence-corrected chi connectivity index (χ1v) is 8.38. The predicted octanol–water partition coefficient (Wildman–Crippen LogP) is 2.63. The molecule has 2 aliphatic heterocycles. The third kappa shape index (κ3) is 3.18. The third-order valence-electron chi connectivity index (χ3n) is 4.55. The summed E-state index contributed by atoms with van der Waals surface area (Å²) in [4.78, 5) is 7.38. The molecule has 2 fully saturated rings. The topological polar surface area (TPSA) is 28.2 Å². The number of hydrogen-bond acceptors (Lipinski definition) is 4. The number of thiazole rings is 1. The molecule has 106 valence electrons. The molecular formula is C15H25N3S. The van der Waals surface area contributed by atoms with Crippen LogP contribution in [0.25, 0.3) is 0 Å². The average molecular weight is 279 g/mol. The van der Waals surface area contributed by atoms with E-state index in [1.54, 1.807) is 0 Å². The molecule has 0 radical (unpaired) electrons. The summed E-state index contributed by atoms with van der Waals surface area (Å²) in [6, 6.07) is 0. The lowest BCUT2D eigenvalue weighted by atomic mass is 9.87. The van der Waals surface area contributed by atoms with E-state index in [0.717, 1.165) is 0 Å². The lowest BCUT2D eigenvalue weighted by Crippen LogP contribution is -2.42. The zero-order valence-corrected chi connectivity index (χ0v) is 12.9. The second kappa shape index (κ2) is 5.51. The Labute approximate surface area is 120 Å². The minimum atomic E-state index is 0.487. The molecule has 2 aliphatic rings. The van der Waals surface area contributed by atoms with Crippen LogP contribution < -0.4 is 5.32 Å². The smallest absolute Gasteiger partial charge is 0.0971 e. The fourth-order valence-corrected chi connectivity index (χ4v) is 4.43. The van der Waals surface area contributed by atoms with Crippen LogP contribution in [0, 0.1) is 12.3 Å². The first-order valence-electron chi connectivity index (χ1n) is 7.50. The molecule has 2 unspecified atom stereocenters. The molecule has 0 saturated carbocycles. The highest BCUT2D eigenvalue weighted by Gasteiger charge is 2.33. The number of aryl methyl sites for hydroxylation is 1. The van der Waals surface area contributed by atoms with E-state index in [2.05, 4.69) is 29.4 Å². The van der Waals surface area contributed by atoms with Crippen molar-refractivity contribution in [2.24, 2.45) is 5.41 Å². The number of rotatable bonds is 3. The number of aromatic nitrogens is 1. The maximum Gasteiger partial charge on any atom is 0.0971 e. The molecule has 4 heteroatoms. The molecule has 0 aliphatic carbocycles. The first-order chi connectivity index (χ1) is 9.15. The molecule has 0 amide bonds. The normalized spacial score (nSPS) is 32.8. The van der Waals surface area contributed by atoms with Crippen LogP contribution in [0.3, 0.4) is 0 Å². The lowest BCUT2D eigenvalue weighted by Gasteiger charge is -2.37. The molecule has 0 spiro atoms. The van der Waals surface area contributed by atoms with Crippen LogP contribution in [0.1, 0.15) is 42.8 Å². The average Bonchev–Trinajstić information content (AvgIpc) is 2.99. The summed E-state index contributed by atoms with van der Waals surface area (Å²) in [5.74, 6) is 0.672. The Balaban J connectivity index is 1.61. The minimum Gasteiger partial charge on any atom is -0.316 e. The van der Waals surface area contributed by atoms with Gasteiger partial charge in [0.2, 0.25) is 0 Å². The molecular weight excluding hydrogens is 254 g/mol. The molecule has 2 saturated heterocycles. The van der Waals surface area contributed by atoms with E-state index in [4.69, 9.17) is 4.98 Å². The zero-order chi connectivity index (χ0) is 13.3. The Morgan fingerprint density at radius 2 is 2.47 bits per heavy atom. The molecule has 1 aromatic heterocycles. The van der Waals surface area contributed by atoms with Crippen LogP contribution in [-0.4, -0.2) is 42.6 Å². The summed E-state index contributed by atoms with van der Waals surface area (Å²) in [6.45, 7) is 10.7. The van der Waals surface area contributed by atoms with Crippen LogP contribution in [0.2, 0.25) is 0 Å². The zero-order valence-electron chi connectivity index (χ0n) is 12.1. The van der Waals surface area contributed by atoms with E-state index in [1.807, 2.05) is 11.3 Å². The van der Waals surface area contributed by atoms with Crippen molar-refractivity contribution >= 4 is 11.3 Å². The van der Waals surface area contributed by atoms with Crippen molar-refractivity contribution in [1.29, 1.82) is 0 Å². The highest BCUT2D eigenvalue weighted by Crippen LogP contribution is 2.32. The second-order valence-electron chi connectivity index (χ2n) is 6.64. The van der Waals surface area contributed by atoms with Crippen molar-refractivity contribution in [2.75, 3.05) is 32.7 Å². The van der Waals surface area contributed by atoms with E-state index < -0.39 is 0 Å². The van der Waals surface area contributed by atoms with Gasteiger partial charge in [-0.3, -0.25) is 0 Å². The van der Waals surface area contributed by atoms with Gasteiger partial charge in [-0.15, -0.1) is 11.3 Å². The number of piperidine rings is 1. The van der Waals surface area contributed by atoms with Crippen LogP contribution >= 0.6 is 11.3 Å². The van der Waals surface area contributed by atoms with E-state index in [1.165, 1.54) is 62.7 Å². The van der Waals surface area contributed by atoms with Crippen molar-refractivity contribution in [3.05, 3.63) is 16.1 Å². The Bertz CT molecular complexity index is 423. The highest BCUT2D eigenvalue weighted by molar-refractivity contribution is 7.09. The van der Waals surface area contributed by atoms with Gasteiger partial charge in [-0.1, -0.05) is 6.92 Å². The largest absolute Gasteiger partial charge is 0.316 e.